The zero-order valence-corrected chi connectivity index (χ0v) is 11.7. The first-order chi connectivity index (χ1) is 8.49. The number of rotatable bonds is 4. The Morgan fingerprint density at radius 3 is 2.44 bits per heavy atom. The van der Waals surface area contributed by atoms with E-state index in [1.54, 1.807) is 0 Å². The monoisotopic (exact) mass is 268 g/mol. The van der Waals surface area contributed by atoms with Crippen LogP contribution in [0.4, 0.5) is 5.69 Å². The Labute approximate surface area is 109 Å². The van der Waals surface area contributed by atoms with Gasteiger partial charge in [-0.05, 0) is 24.1 Å². The maximum absolute atomic E-state index is 11.8. The van der Waals surface area contributed by atoms with E-state index < -0.39 is 10.0 Å². The van der Waals surface area contributed by atoms with Crippen LogP contribution in [0.3, 0.4) is 0 Å². The molecule has 5 heteroatoms. The van der Waals surface area contributed by atoms with Gasteiger partial charge in [-0.2, -0.15) is 0 Å². The molecule has 1 N–H and O–H groups in total. The first-order valence-corrected chi connectivity index (χ1v) is 7.93. The number of sulfonamides is 1. The van der Waals surface area contributed by atoms with Crippen molar-refractivity contribution in [1.29, 1.82) is 0 Å². The number of anilines is 1. The summed E-state index contributed by atoms with van der Waals surface area (Å²) in [5.74, 6) is 0.268. The lowest BCUT2D eigenvalue weighted by molar-refractivity contribution is 0.589. The molecule has 1 aromatic rings. The van der Waals surface area contributed by atoms with Gasteiger partial charge in [-0.15, -0.1) is 0 Å². The lowest BCUT2D eigenvalue weighted by atomic mass is 10.2. The van der Waals surface area contributed by atoms with Crippen molar-refractivity contribution in [3.63, 3.8) is 0 Å². The highest BCUT2D eigenvalue weighted by Gasteiger charge is 2.28. The third kappa shape index (κ3) is 3.03. The van der Waals surface area contributed by atoms with E-state index in [9.17, 15) is 8.42 Å². The van der Waals surface area contributed by atoms with E-state index in [0.717, 1.165) is 18.7 Å². The fourth-order valence-corrected chi connectivity index (χ4v) is 3.60. The van der Waals surface area contributed by atoms with Gasteiger partial charge >= 0.3 is 0 Å². The highest BCUT2D eigenvalue weighted by molar-refractivity contribution is 7.93. The van der Waals surface area contributed by atoms with Crippen LogP contribution in [-0.4, -0.2) is 26.8 Å². The number of hydrogen-bond acceptors (Lipinski definition) is 3. The van der Waals surface area contributed by atoms with E-state index in [4.69, 9.17) is 0 Å². The van der Waals surface area contributed by atoms with E-state index >= 15 is 0 Å². The summed E-state index contributed by atoms with van der Waals surface area (Å²) in [4.78, 5) is 0. The molecule has 0 atom stereocenters. The first-order valence-electron chi connectivity index (χ1n) is 6.32. The van der Waals surface area contributed by atoms with Crippen molar-refractivity contribution in [2.24, 2.45) is 0 Å². The van der Waals surface area contributed by atoms with Crippen LogP contribution in [0.25, 0.3) is 0 Å². The standard InChI is InChI=1S/C13H20N2O2S/c1-11(2)14-10-12-4-6-13(7-5-12)15-8-3-9-18(15,16)17/h4-7,11,14H,3,8-10H2,1-2H3. The minimum Gasteiger partial charge on any atom is -0.310 e. The van der Waals surface area contributed by atoms with Crippen molar-refractivity contribution in [2.45, 2.75) is 32.9 Å². The van der Waals surface area contributed by atoms with Crippen LogP contribution < -0.4 is 9.62 Å². The molecule has 1 aliphatic rings. The molecule has 0 aromatic heterocycles. The molecule has 0 radical (unpaired) electrons. The molecular formula is C13H20N2O2S. The smallest absolute Gasteiger partial charge is 0.235 e. The van der Waals surface area contributed by atoms with Crippen molar-refractivity contribution in [3.05, 3.63) is 29.8 Å². The Bertz CT molecular complexity index is 494. The second-order valence-electron chi connectivity index (χ2n) is 4.94. The van der Waals surface area contributed by atoms with Gasteiger partial charge in [-0.25, -0.2) is 8.42 Å². The Morgan fingerprint density at radius 2 is 1.94 bits per heavy atom. The van der Waals surface area contributed by atoms with Gasteiger partial charge in [0.1, 0.15) is 0 Å². The molecule has 0 bridgehead atoms. The number of hydrogen-bond donors (Lipinski definition) is 1. The van der Waals surface area contributed by atoms with E-state index in [-0.39, 0.29) is 5.75 Å². The molecule has 0 amide bonds. The average Bonchev–Trinajstić information content (AvgIpc) is 2.67. The molecule has 1 saturated heterocycles. The maximum Gasteiger partial charge on any atom is 0.235 e. The van der Waals surface area contributed by atoms with Crippen molar-refractivity contribution in [1.82, 2.24) is 5.32 Å². The van der Waals surface area contributed by atoms with Crippen LogP contribution in [0.2, 0.25) is 0 Å². The number of nitrogens with one attached hydrogen (secondary N) is 1. The van der Waals surface area contributed by atoms with E-state index in [1.807, 2.05) is 24.3 Å². The van der Waals surface area contributed by atoms with Crippen molar-refractivity contribution >= 4 is 15.7 Å². The summed E-state index contributed by atoms with van der Waals surface area (Å²) < 4.78 is 25.1. The highest BCUT2D eigenvalue weighted by atomic mass is 32.2. The van der Waals surface area contributed by atoms with E-state index in [2.05, 4.69) is 19.2 Å². The Hall–Kier alpha value is -1.07. The van der Waals surface area contributed by atoms with Crippen LogP contribution >= 0.6 is 0 Å². The van der Waals surface area contributed by atoms with Crippen LogP contribution in [0, 0.1) is 0 Å². The van der Waals surface area contributed by atoms with Crippen LogP contribution in [0.15, 0.2) is 24.3 Å². The van der Waals surface area contributed by atoms with Gasteiger partial charge in [-0.1, -0.05) is 26.0 Å². The topological polar surface area (TPSA) is 49.4 Å². The molecule has 0 saturated carbocycles. The number of nitrogens with zero attached hydrogens (tertiary/aromatic N) is 1. The van der Waals surface area contributed by atoms with Crippen LogP contribution in [-0.2, 0) is 16.6 Å². The molecule has 18 heavy (non-hydrogen) atoms. The summed E-state index contributed by atoms with van der Waals surface area (Å²) in [6.45, 7) is 5.62. The molecule has 1 aliphatic heterocycles. The third-order valence-corrected chi connectivity index (χ3v) is 4.91. The normalized spacial score (nSPS) is 18.5. The van der Waals surface area contributed by atoms with E-state index in [1.165, 1.54) is 9.87 Å². The van der Waals surface area contributed by atoms with Gasteiger partial charge in [0, 0.05) is 19.1 Å². The Morgan fingerprint density at radius 1 is 1.28 bits per heavy atom. The Balaban J connectivity index is 2.08. The fourth-order valence-electron chi connectivity index (χ4n) is 2.03. The van der Waals surface area contributed by atoms with Gasteiger partial charge in [0.25, 0.3) is 0 Å². The number of benzene rings is 1. The molecule has 1 aromatic carbocycles. The molecule has 2 rings (SSSR count). The average molecular weight is 268 g/mol. The summed E-state index contributed by atoms with van der Waals surface area (Å²) in [6.07, 6.45) is 0.721. The first kappa shape index (κ1) is 13.4. The SMILES string of the molecule is CC(C)NCc1ccc(N2CCCS2(=O)=O)cc1. The lowest BCUT2D eigenvalue weighted by Gasteiger charge is -2.17. The molecule has 0 unspecified atom stereocenters. The third-order valence-electron chi connectivity index (χ3n) is 3.04. The second-order valence-corrected chi connectivity index (χ2v) is 6.96. The molecule has 0 spiro atoms. The summed E-state index contributed by atoms with van der Waals surface area (Å²) >= 11 is 0. The van der Waals surface area contributed by atoms with Gasteiger partial charge in [-0.3, -0.25) is 4.31 Å². The largest absolute Gasteiger partial charge is 0.310 e. The minimum absolute atomic E-state index is 0.268. The molecule has 1 heterocycles. The summed E-state index contributed by atoms with van der Waals surface area (Å²) in [6, 6.07) is 8.20. The maximum atomic E-state index is 11.8. The lowest BCUT2D eigenvalue weighted by Crippen LogP contribution is -2.25. The van der Waals surface area contributed by atoms with Gasteiger partial charge in [0.05, 0.1) is 11.4 Å². The zero-order chi connectivity index (χ0) is 13.2. The highest BCUT2D eigenvalue weighted by Crippen LogP contribution is 2.24. The molecule has 4 nitrogen and oxygen atoms in total. The van der Waals surface area contributed by atoms with Crippen LogP contribution in [0.5, 0.6) is 0 Å². The van der Waals surface area contributed by atoms with Gasteiger partial charge < -0.3 is 5.32 Å². The molecule has 1 fully saturated rings. The summed E-state index contributed by atoms with van der Waals surface area (Å²) in [5, 5.41) is 3.34. The minimum atomic E-state index is -3.06. The molecule has 100 valence electrons. The molecule has 0 aliphatic carbocycles. The zero-order valence-electron chi connectivity index (χ0n) is 10.9. The van der Waals surface area contributed by atoms with E-state index in [0.29, 0.717) is 12.6 Å². The predicted molar refractivity (Wildman–Crippen MR) is 74.2 cm³/mol. The summed E-state index contributed by atoms with van der Waals surface area (Å²) in [5.41, 5.74) is 1.95. The predicted octanol–water partition coefficient (Wildman–Crippen LogP) is 1.72. The quantitative estimate of drug-likeness (QED) is 0.904. The fraction of sp³-hybridized carbons (Fsp3) is 0.538. The Kier molecular flexibility index (Phi) is 3.92. The van der Waals surface area contributed by atoms with Crippen molar-refractivity contribution < 1.29 is 8.42 Å². The van der Waals surface area contributed by atoms with Crippen molar-refractivity contribution in [3.8, 4) is 0 Å². The summed E-state index contributed by atoms with van der Waals surface area (Å²) in [7, 11) is -3.06. The van der Waals surface area contributed by atoms with Gasteiger partial charge in [0.15, 0.2) is 0 Å². The molecular weight excluding hydrogens is 248 g/mol. The second kappa shape index (κ2) is 5.28. The van der Waals surface area contributed by atoms with Crippen molar-refractivity contribution in [2.75, 3.05) is 16.6 Å². The van der Waals surface area contributed by atoms with Gasteiger partial charge in [0.2, 0.25) is 10.0 Å². The van der Waals surface area contributed by atoms with Crippen LogP contribution in [0.1, 0.15) is 25.8 Å².